The normalized spacial score (nSPS) is 31.8. The lowest BCUT2D eigenvalue weighted by molar-refractivity contribution is -0.286. The van der Waals surface area contributed by atoms with Crippen molar-refractivity contribution >= 4 is 0 Å². The average molecular weight is 320 g/mol. The number of rotatable bonds is 12. The van der Waals surface area contributed by atoms with Crippen molar-refractivity contribution in [1.29, 1.82) is 0 Å². The molecular weight excluding hydrogens is 288 g/mol. The van der Waals surface area contributed by atoms with Crippen LogP contribution in [0.3, 0.4) is 0 Å². The molecule has 0 N–H and O–H groups in total. The maximum Gasteiger partial charge on any atom is 0.222 e. The van der Waals surface area contributed by atoms with E-state index < -0.39 is 5.79 Å². The topological polar surface area (TPSA) is 55.4 Å². The van der Waals surface area contributed by atoms with Crippen LogP contribution < -0.4 is 0 Å². The van der Waals surface area contributed by atoms with Crippen LogP contribution in [0.4, 0.5) is 0 Å². The lowest BCUT2D eigenvalue weighted by Gasteiger charge is -2.34. The molecule has 0 aromatic heterocycles. The molecule has 0 amide bonds. The van der Waals surface area contributed by atoms with Crippen LogP contribution in [-0.2, 0) is 28.4 Å². The molecule has 1 heterocycles. The summed E-state index contributed by atoms with van der Waals surface area (Å²) in [5.41, 5.74) is 0. The predicted molar refractivity (Wildman–Crippen MR) is 83.0 cm³/mol. The first-order valence-electron chi connectivity index (χ1n) is 8.39. The van der Waals surface area contributed by atoms with Crippen molar-refractivity contribution in [2.45, 2.75) is 58.7 Å². The third-order valence-corrected chi connectivity index (χ3v) is 3.54. The zero-order valence-corrected chi connectivity index (χ0v) is 14.6. The molecule has 0 aromatic rings. The second-order valence-corrected chi connectivity index (χ2v) is 4.99. The van der Waals surface area contributed by atoms with Crippen molar-refractivity contribution in [3.63, 3.8) is 0 Å². The van der Waals surface area contributed by atoms with Crippen LogP contribution in [0.5, 0.6) is 0 Å². The first-order valence-corrected chi connectivity index (χ1v) is 8.39. The molecule has 1 fully saturated rings. The molecule has 1 rings (SSSR count). The van der Waals surface area contributed by atoms with E-state index in [2.05, 4.69) is 0 Å². The molecular formula is C16H32O6. The van der Waals surface area contributed by atoms with Gasteiger partial charge in [-0.1, -0.05) is 0 Å². The van der Waals surface area contributed by atoms with E-state index in [1.165, 1.54) is 0 Å². The van der Waals surface area contributed by atoms with Crippen molar-refractivity contribution < 1.29 is 28.4 Å². The molecule has 1 saturated heterocycles. The van der Waals surface area contributed by atoms with E-state index >= 15 is 0 Å². The van der Waals surface area contributed by atoms with Gasteiger partial charge in [0.1, 0.15) is 24.9 Å². The van der Waals surface area contributed by atoms with E-state index in [0.29, 0.717) is 46.2 Å². The zero-order chi connectivity index (χ0) is 16.4. The van der Waals surface area contributed by atoms with Crippen molar-refractivity contribution in [1.82, 2.24) is 0 Å². The molecule has 0 unspecified atom stereocenters. The van der Waals surface area contributed by atoms with Gasteiger partial charge in [0.2, 0.25) is 5.79 Å². The minimum Gasteiger partial charge on any atom is -0.379 e. The van der Waals surface area contributed by atoms with Gasteiger partial charge >= 0.3 is 0 Å². The van der Waals surface area contributed by atoms with Gasteiger partial charge in [0.05, 0.1) is 6.61 Å². The highest BCUT2D eigenvalue weighted by molar-refractivity contribution is 4.99. The molecule has 1 aliphatic rings. The standard InChI is InChI=1S/C16H32O6/c1-6-17-11-13-14(19-8-3)15(20-9-4)16(22-13,21-10-5)12-18-7-2/h13-15H,6-12H2,1-5H3/t13-,14-,15-,16-/m0/s1. The Morgan fingerprint density at radius 1 is 0.818 bits per heavy atom. The minimum absolute atomic E-state index is 0.233. The highest BCUT2D eigenvalue weighted by Crippen LogP contribution is 2.37. The summed E-state index contributed by atoms with van der Waals surface area (Å²) in [6, 6.07) is 0. The van der Waals surface area contributed by atoms with E-state index in [4.69, 9.17) is 28.4 Å². The summed E-state index contributed by atoms with van der Waals surface area (Å²) >= 11 is 0. The summed E-state index contributed by atoms with van der Waals surface area (Å²) in [6.07, 6.45) is -0.804. The van der Waals surface area contributed by atoms with Crippen molar-refractivity contribution in [3.05, 3.63) is 0 Å². The first kappa shape index (κ1) is 19.8. The monoisotopic (exact) mass is 320 g/mol. The van der Waals surface area contributed by atoms with Gasteiger partial charge in [-0.25, -0.2) is 0 Å². The quantitative estimate of drug-likeness (QED) is 0.548. The molecule has 0 bridgehead atoms. The summed E-state index contributed by atoms with van der Waals surface area (Å²) < 4.78 is 35.1. The summed E-state index contributed by atoms with van der Waals surface area (Å²) in [7, 11) is 0. The fraction of sp³-hybridized carbons (Fsp3) is 1.00. The molecule has 1 aliphatic heterocycles. The molecule has 6 heteroatoms. The molecule has 0 aliphatic carbocycles. The summed E-state index contributed by atoms with van der Waals surface area (Å²) in [6.45, 7) is 13.4. The van der Waals surface area contributed by atoms with E-state index in [1.54, 1.807) is 0 Å². The summed E-state index contributed by atoms with van der Waals surface area (Å²) in [5, 5.41) is 0. The Morgan fingerprint density at radius 3 is 2.05 bits per heavy atom. The Hall–Kier alpha value is -0.240. The van der Waals surface area contributed by atoms with Crippen molar-refractivity contribution in [3.8, 4) is 0 Å². The molecule has 22 heavy (non-hydrogen) atoms. The fourth-order valence-electron chi connectivity index (χ4n) is 2.75. The van der Waals surface area contributed by atoms with E-state index in [0.717, 1.165) is 0 Å². The van der Waals surface area contributed by atoms with E-state index in [1.807, 2.05) is 34.6 Å². The second kappa shape index (κ2) is 10.5. The maximum atomic E-state index is 6.20. The SMILES string of the molecule is CCOC[C@@H]1O[C@](COCC)(OCC)[C@@H](OCC)[C@H]1OCC. The van der Waals surface area contributed by atoms with Crippen LogP contribution in [0.15, 0.2) is 0 Å². The van der Waals surface area contributed by atoms with Gasteiger partial charge in [0.15, 0.2) is 0 Å². The highest BCUT2D eigenvalue weighted by atomic mass is 16.8. The second-order valence-electron chi connectivity index (χ2n) is 4.99. The largest absolute Gasteiger partial charge is 0.379 e. The van der Waals surface area contributed by atoms with Crippen LogP contribution in [0.25, 0.3) is 0 Å². The van der Waals surface area contributed by atoms with Crippen LogP contribution in [-0.4, -0.2) is 70.3 Å². The molecule has 0 spiro atoms. The maximum absolute atomic E-state index is 6.20. The van der Waals surface area contributed by atoms with Crippen LogP contribution >= 0.6 is 0 Å². The third-order valence-electron chi connectivity index (χ3n) is 3.54. The molecule has 0 saturated carbocycles. The van der Waals surface area contributed by atoms with Crippen molar-refractivity contribution in [2.24, 2.45) is 0 Å². The Balaban J connectivity index is 2.98. The molecule has 0 radical (unpaired) electrons. The van der Waals surface area contributed by atoms with Crippen LogP contribution in [0.2, 0.25) is 0 Å². The Morgan fingerprint density at radius 2 is 1.50 bits per heavy atom. The minimum atomic E-state index is -0.942. The van der Waals surface area contributed by atoms with Gasteiger partial charge in [-0.05, 0) is 34.6 Å². The third kappa shape index (κ3) is 4.88. The van der Waals surface area contributed by atoms with Gasteiger partial charge in [-0.3, -0.25) is 0 Å². The highest BCUT2D eigenvalue weighted by Gasteiger charge is 2.57. The number of hydrogen-bond donors (Lipinski definition) is 0. The lowest BCUT2D eigenvalue weighted by atomic mass is 10.0. The first-order chi connectivity index (χ1) is 10.7. The Bertz CT molecular complexity index is 288. The fourth-order valence-corrected chi connectivity index (χ4v) is 2.75. The van der Waals surface area contributed by atoms with E-state index in [-0.39, 0.29) is 18.3 Å². The van der Waals surface area contributed by atoms with Gasteiger partial charge in [0.25, 0.3) is 0 Å². The van der Waals surface area contributed by atoms with Crippen LogP contribution in [0.1, 0.15) is 34.6 Å². The Kier molecular flexibility index (Phi) is 9.47. The smallest absolute Gasteiger partial charge is 0.222 e. The predicted octanol–water partition coefficient (Wildman–Crippen LogP) is 2.00. The average Bonchev–Trinajstić information content (AvgIpc) is 2.79. The number of ether oxygens (including phenoxy) is 6. The van der Waals surface area contributed by atoms with Gasteiger partial charge < -0.3 is 28.4 Å². The van der Waals surface area contributed by atoms with Gasteiger partial charge in [-0.2, -0.15) is 0 Å². The summed E-state index contributed by atoms with van der Waals surface area (Å²) in [5.74, 6) is -0.942. The molecule has 4 atom stereocenters. The van der Waals surface area contributed by atoms with E-state index in [9.17, 15) is 0 Å². The van der Waals surface area contributed by atoms with Gasteiger partial charge in [-0.15, -0.1) is 0 Å². The van der Waals surface area contributed by atoms with Crippen molar-refractivity contribution in [2.75, 3.05) is 46.2 Å². The lowest BCUT2D eigenvalue weighted by Crippen LogP contribution is -2.51. The molecule has 132 valence electrons. The Labute approximate surface area is 134 Å². The number of hydrogen-bond acceptors (Lipinski definition) is 6. The zero-order valence-electron chi connectivity index (χ0n) is 14.6. The van der Waals surface area contributed by atoms with Crippen LogP contribution in [0, 0.1) is 0 Å². The molecule has 0 aromatic carbocycles. The summed E-state index contributed by atoms with van der Waals surface area (Å²) in [4.78, 5) is 0. The molecule has 6 nitrogen and oxygen atoms in total. The van der Waals surface area contributed by atoms with Gasteiger partial charge in [0, 0.05) is 33.0 Å².